The van der Waals surface area contributed by atoms with Gasteiger partial charge >= 0.3 is 0 Å². The molecule has 5 rings (SSSR count). The molecular weight excluding hydrogens is 308 g/mol. The molecule has 3 aliphatic rings. The topological polar surface area (TPSA) is 51.2 Å². The smallest absolute Gasteiger partial charge is 0.259 e. The number of amides is 1. The number of aromatic nitrogens is 1. The van der Waals surface area contributed by atoms with Gasteiger partial charge in [-0.3, -0.25) is 10.1 Å². The number of nitrogens with one attached hydrogen (secondary N) is 1. The number of thiazole rings is 1. The van der Waals surface area contributed by atoms with Gasteiger partial charge in [0.15, 0.2) is 10.7 Å². The number of nitrogens with zero attached hydrogens (tertiary/aromatic N) is 1. The number of fused-ring (bicyclic) bond motifs is 1. The predicted octanol–water partition coefficient (Wildman–Crippen LogP) is 3.83. The molecule has 1 saturated heterocycles. The normalized spacial score (nSPS) is 40.9. The monoisotopic (exact) mass is 328 g/mol. The van der Waals surface area contributed by atoms with Gasteiger partial charge in [0.2, 0.25) is 0 Å². The van der Waals surface area contributed by atoms with E-state index in [1.807, 2.05) is 24.3 Å². The van der Waals surface area contributed by atoms with Crippen LogP contribution in [0.2, 0.25) is 0 Å². The molecule has 0 radical (unpaired) electrons. The number of carbonyl (C=O) groups is 1. The van der Waals surface area contributed by atoms with E-state index in [1.165, 1.54) is 17.8 Å². The predicted molar refractivity (Wildman–Crippen MR) is 90.5 cm³/mol. The summed E-state index contributed by atoms with van der Waals surface area (Å²) >= 11 is 1.53. The zero-order valence-corrected chi connectivity index (χ0v) is 14.2. The van der Waals surface area contributed by atoms with E-state index < -0.39 is 5.60 Å². The second-order valence-corrected chi connectivity index (χ2v) is 8.78. The van der Waals surface area contributed by atoms with E-state index in [0.717, 1.165) is 23.1 Å². The van der Waals surface area contributed by atoms with Crippen molar-refractivity contribution in [3.63, 3.8) is 0 Å². The Bertz CT molecular complexity index is 800. The summed E-state index contributed by atoms with van der Waals surface area (Å²) in [6, 6.07) is 7.97. The van der Waals surface area contributed by atoms with Crippen LogP contribution in [0.3, 0.4) is 0 Å². The molecule has 23 heavy (non-hydrogen) atoms. The van der Waals surface area contributed by atoms with Crippen molar-refractivity contribution in [1.29, 1.82) is 0 Å². The first-order valence-corrected chi connectivity index (χ1v) is 9.11. The highest BCUT2D eigenvalue weighted by Crippen LogP contribution is 2.75. The van der Waals surface area contributed by atoms with Gasteiger partial charge in [0.05, 0.1) is 16.8 Å². The highest BCUT2D eigenvalue weighted by atomic mass is 32.1. The Hall–Kier alpha value is -1.46. The Labute approximate surface area is 139 Å². The van der Waals surface area contributed by atoms with Gasteiger partial charge in [-0.05, 0) is 37.3 Å². The average molecular weight is 328 g/mol. The van der Waals surface area contributed by atoms with E-state index in [-0.39, 0.29) is 16.7 Å². The van der Waals surface area contributed by atoms with Crippen molar-refractivity contribution in [1.82, 2.24) is 4.98 Å². The maximum Gasteiger partial charge on any atom is 0.259 e. The Morgan fingerprint density at radius 2 is 2.22 bits per heavy atom. The molecule has 1 aromatic carbocycles. The van der Waals surface area contributed by atoms with Gasteiger partial charge in [0.25, 0.3) is 5.91 Å². The van der Waals surface area contributed by atoms with Gasteiger partial charge in [0, 0.05) is 10.8 Å². The largest absolute Gasteiger partial charge is 0.364 e. The summed E-state index contributed by atoms with van der Waals surface area (Å²) in [5, 5.41) is 3.74. The molecule has 4 nitrogen and oxygen atoms in total. The van der Waals surface area contributed by atoms with Gasteiger partial charge in [-0.15, -0.1) is 0 Å². The fourth-order valence-electron chi connectivity index (χ4n) is 5.38. The van der Waals surface area contributed by atoms with Crippen LogP contribution in [-0.4, -0.2) is 23.1 Å². The second-order valence-electron chi connectivity index (χ2n) is 7.75. The lowest BCUT2D eigenvalue weighted by Gasteiger charge is -2.39. The average Bonchev–Trinajstić information content (AvgIpc) is 3.17. The first-order valence-electron chi connectivity index (χ1n) is 8.30. The van der Waals surface area contributed by atoms with Crippen LogP contribution in [0.5, 0.6) is 0 Å². The maximum atomic E-state index is 13.1. The summed E-state index contributed by atoms with van der Waals surface area (Å²) in [5.41, 5.74) is 0.368. The van der Waals surface area contributed by atoms with E-state index in [2.05, 4.69) is 24.1 Å². The van der Waals surface area contributed by atoms with Crippen LogP contribution in [0.15, 0.2) is 24.3 Å². The number of benzene rings is 1. The molecular formula is C18H20N2O2S. The van der Waals surface area contributed by atoms with Crippen LogP contribution < -0.4 is 5.32 Å². The molecule has 0 spiro atoms. The number of anilines is 1. The van der Waals surface area contributed by atoms with Gasteiger partial charge in [-0.2, -0.15) is 0 Å². The fourth-order valence-corrected chi connectivity index (χ4v) is 6.24. The van der Waals surface area contributed by atoms with Crippen molar-refractivity contribution in [3.8, 4) is 0 Å². The van der Waals surface area contributed by atoms with Crippen molar-refractivity contribution in [3.05, 3.63) is 24.3 Å². The third-order valence-electron chi connectivity index (χ3n) is 7.08. The standard InChI is InChI=1S/C18H20N2O2S/c1-16-10-22-18(9-11(16)7-8-17(16,18)2)14(21)20-15-19-12-5-3-4-6-13(12)23-15/h3-6,11H,7-10H2,1-2H3,(H,19,20,21)/t11-,16-,17+,18-/m1/s1. The lowest BCUT2D eigenvalue weighted by Crippen LogP contribution is -2.52. The fraction of sp³-hybridized carbons (Fsp3) is 0.556. The first-order chi connectivity index (χ1) is 11.0. The summed E-state index contributed by atoms with van der Waals surface area (Å²) in [6.07, 6.45) is 3.17. The van der Waals surface area contributed by atoms with Gasteiger partial charge in [0.1, 0.15) is 0 Å². The SMILES string of the molecule is C[C@@]12CC[C@@H]3C[C@]1(C(=O)Nc1nc4ccccc4s1)OC[C@]32C. The minimum atomic E-state index is -0.664. The molecule has 2 heterocycles. The van der Waals surface area contributed by atoms with Crippen LogP contribution >= 0.6 is 11.3 Å². The zero-order chi connectivity index (χ0) is 15.9. The molecule has 2 aliphatic carbocycles. The van der Waals surface area contributed by atoms with Gasteiger partial charge in [-0.1, -0.05) is 37.3 Å². The van der Waals surface area contributed by atoms with Crippen molar-refractivity contribution >= 4 is 32.6 Å². The van der Waals surface area contributed by atoms with E-state index in [9.17, 15) is 4.79 Å². The third kappa shape index (κ3) is 1.46. The molecule has 120 valence electrons. The molecule has 1 N–H and O–H groups in total. The van der Waals surface area contributed by atoms with Gasteiger partial charge in [-0.25, -0.2) is 4.98 Å². The second kappa shape index (κ2) is 4.14. The molecule has 1 amide bonds. The Morgan fingerprint density at radius 1 is 1.39 bits per heavy atom. The minimum absolute atomic E-state index is 0.00461. The number of carbonyl (C=O) groups excluding carboxylic acids is 1. The van der Waals surface area contributed by atoms with Crippen LogP contribution in [-0.2, 0) is 9.53 Å². The molecule has 0 unspecified atom stereocenters. The summed E-state index contributed by atoms with van der Waals surface area (Å²) in [5.74, 6) is 0.618. The summed E-state index contributed by atoms with van der Waals surface area (Å²) in [6.45, 7) is 5.27. The van der Waals surface area contributed by atoms with Crippen molar-refractivity contribution < 1.29 is 9.53 Å². The quantitative estimate of drug-likeness (QED) is 0.911. The van der Waals surface area contributed by atoms with E-state index in [4.69, 9.17) is 4.74 Å². The molecule has 1 aliphatic heterocycles. The number of hydrogen-bond acceptors (Lipinski definition) is 4. The van der Waals surface area contributed by atoms with Crippen molar-refractivity contribution in [2.24, 2.45) is 16.7 Å². The van der Waals surface area contributed by atoms with Crippen LogP contribution in [0.4, 0.5) is 5.13 Å². The maximum absolute atomic E-state index is 13.1. The summed E-state index contributed by atoms with van der Waals surface area (Å²) in [4.78, 5) is 17.7. The van der Waals surface area contributed by atoms with Crippen molar-refractivity contribution in [2.75, 3.05) is 11.9 Å². The summed E-state index contributed by atoms with van der Waals surface area (Å²) in [7, 11) is 0. The first kappa shape index (κ1) is 13.9. The van der Waals surface area contributed by atoms with E-state index in [0.29, 0.717) is 17.7 Å². The highest BCUT2D eigenvalue weighted by molar-refractivity contribution is 7.22. The molecule has 4 atom stereocenters. The lowest BCUT2D eigenvalue weighted by atomic mass is 9.66. The Balaban J connectivity index is 1.49. The molecule has 4 bridgehead atoms. The van der Waals surface area contributed by atoms with Gasteiger partial charge < -0.3 is 4.74 Å². The van der Waals surface area contributed by atoms with Crippen LogP contribution in [0.1, 0.15) is 33.1 Å². The Kier molecular flexibility index (Phi) is 2.51. The zero-order valence-electron chi connectivity index (χ0n) is 13.4. The van der Waals surface area contributed by atoms with Crippen LogP contribution in [0, 0.1) is 16.7 Å². The van der Waals surface area contributed by atoms with E-state index >= 15 is 0 Å². The highest BCUT2D eigenvalue weighted by Gasteiger charge is 2.78. The van der Waals surface area contributed by atoms with Crippen LogP contribution in [0.25, 0.3) is 10.2 Å². The third-order valence-corrected chi connectivity index (χ3v) is 8.03. The minimum Gasteiger partial charge on any atom is -0.364 e. The Morgan fingerprint density at radius 3 is 2.96 bits per heavy atom. The molecule has 2 saturated carbocycles. The van der Waals surface area contributed by atoms with Crippen molar-refractivity contribution in [2.45, 2.75) is 38.7 Å². The summed E-state index contributed by atoms with van der Waals surface area (Å²) < 4.78 is 7.25. The van der Waals surface area contributed by atoms with E-state index in [1.54, 1.807) is 0 Å². The number of hydrogen-bond donors (Lipinski definition) is 1. The molecule has 3 fully saturated rings. The molecule has 1 aromatic heterocycles. The number of ether oxygens (including phenoxy) is 1. The molecule has 5 heteroatoms. The number of rotatable bonds is 2. The molecule has 2 aromatic rings. The number of para-hydroxylation sites is 1. The lowest BCUT2D eigenvalue weighted by molar-refractivity contribution is -0.149.